The zero-order valence-corrected chi connectivity index (χ0v) is 12.2. The number of hydrogen-bond acceptors (Lipinski definition) is 2. The van der Waals surface area contributed by atoms with Crippen molar-refractivity contribution in [1.82, 2.24) is 9.88 Å². The van der Waals surface area contributed by atoms with Gasteiger partial charge in [-0.2, -0.15) is 0 Å². The number of H-pyrrole nitrogens is 1. The lowest BCUT2D eigenvalue weighted by Gasteiger charge is -2.42. The van der Waals surface area contributed by atoms with Crippen molar-refractivity contribution in [1.29, 1.82) is 0 Å². The van der Waals surface area contributed by atoms with E-state index in [0.717, 1.165) is 24.2 Å². The maximum Gasteiger partial charge on any atom is 0.309 e. The Balaban J connectivity index is 1.91. The molecule has 4 nitrogen and oxygen atoms in total. The van der Waals surface area contributed by atoms with Crippen LogP contribution < -0.4 is 0 Å². The number of aromatic nitrogens is 1. The lowest BCUT2D eigenvalue weighted by Crippen LogP contribution is -2.44. The molecule has 1 aliphatic carbocycles. The predicted molar refractivity (Wildman–Crippen MR) is 81.7 cm³/mol. The number of carboxylic acid groups (broad SMARTS) is 1. The third-order valence-corrected chi connectivity index (χ3v) is 5.25. The highest BCUT2D eigenvalue weighted by Crippen LogP contribution is 2.44. The van der Waals surface area contributed by atoms with Crippen LogP contribution in [0.1, 0.15) is 35.6 Å². The van der Waals surface area contributed by atoms with Gasteiger partial charge in [0.15, 0.2) is 0 Å². The van der Waals surface area contributed by atoms with E-state index in [1.165, 1.54) is 29.4 Å². The second-order valence-corrected chi connectivity index (χ2v) is 6.42. The minimum atomic E-state index is -0.765. The minimum absolute atomic E-state index is 0.0879. The minimum Gasteiger partial charge on any atom is -0.481 e. The van der Waals surface area contributed by atoms with Crippen LogP contribution in [0.25, 0.3) is 10.9 Å². The van der Waals surface area contributed by atoms with E-state index in [9.17, 15) is 4.79 Å². The molecule has 0 amide bonds. The van der Waals surface area contributed by atoms with Crippen molar-refractivity contribution in [3.05, 3.63) is 35.0 Å². The Bertz CT molecular complexity index is 719. The van der Waals surface area contributed by atoms with Crippen molar-refractivity contribution in [2.45, 2.75) is 37.6 Å². The zero-order chi connectivity index (χ0) is 14.6. The van der Waals surface area contributed by atoms with Crippen LogP contribution in [0.15, 0.2) is 18.2 Å². The molecule has 2 atom stereocenters. The molecule has 1 aromatic carbocycles. The first-order valence-corrected chi connectivity index (χ1v) is 7.69. The molecule has 1 fully saturated rings. The van der Waals surface area contributed by atoms with E-state index in [-0.39, 0.29) is 6.42 Å². The number of piperidine rings is 1. The first-order chi connectivity index (χ1) is 10.1. The van der Waals surface area contributed by atoms with Crippen LogP contribution in [-0.2, 0) is 17.6 Å². The summed E-state index contributed by atoms with van der Waals surface area (Å²) in [6, 6.07) is 6.92. The van der Waals surface area contributed by atoms with Gasteiger partial charge < -0.3 is 15.0 Å². The Hall–Kier alpha value is -1.81. The topological polar surface area (TPSA) is 56.3 Å². The molecule has 1 unspecified atom stereocenters. The summed E-state index contributed by atoms with van der Waals surface area (Å²) in [7, 11) is 2.20. The van der Waals surface area contributed by atoms with Crippen LogP contribution in [0.3, 0.4) is 0 Å². The third-order valence-electron chi connectivity index (χ3n) is 5.25. The highest BCUT2D eigenvalue weighted by atomic mass is 16.4. The molecule has 0 bridgehead atoms. The molecule has 2 aliphatic rings. The molecule has 4 heteroatoms. The maximum atomic E-state index is 11.1. The lowest BCUT2D eigenvalue weighted by molar-refractivity contribution is -0.136. The van der Waals surface area contributed by atoms with Gasteiger partial charge >= 0.3 is 5.97 Å². The second-order valence-electron chi connectivity index (χ2n) is 6.42. The molecule has 1 saturated heterocycles. The fraction of sp³-hybridized carbons (Fsp3) is 0.471. The second kappa shape index (κ2) is 4.60. The maximum absolute atomic E-state index is 11.1. The number of fused-ring (bicyclic) bond motifs is 2. The molecule has 1 aromatic heterocycles. The highest BCUT2D eigenvalue weighted by Gasteiger charge is 2.37. The Labute approximate surface area is 123 Å². The van der Waals surface area contributed by atoms with Gasteiger partial charge in [-0.1, -0.05) is 12.1 Å². The van der Waals surface area contributed by atoms with Gasteiger partial charge in [0.05, 0.1) is 6.42 Å². The average molecular weight is 284 g/mol. The Morgan fingerprint density at radius 1 is 1.48 bits per heavy atom. The molecule has 0 saturated carbocycles. The largest absolute Gasteiger partial charge is 0.481 e. The van der Waals surface area contributed by atoms with Crippen LogP contribution in [0.2, 0.25) is 0 Å². The fourth-order valence-corrected chi connectivity index (χ4v) is 4.33. The number of nitrogens with one attached hydrogen (secondary N) is 1. The molecule has 0 spiro atoms. The van der Waals surface area contributed by atoms with Crippen molar-refractivity contribution < 1.29 is 9.90 Å². The van der Waals surface area contributed by atoms with Crippen molar-refractivity contribution in [2.75, 3.05) is 13.6 Å². The quantitative estimate of drug-likeness (QED) is 0.891. The number of carbonyl (C=O) groups is 1. The van der Waals surface area contributed by atoms with Gasteiger partial charge in [-0.05, 0) is 50.0 Å². The van der Waals surface area contributed by atoms with Crippen LogP contribution in [0.5, 0.6) is 0 Å². The Morgan fingerprint density at radius 2 is 2.33 bits per heavy atom. The van der Waals surface area contributed by atoms with Gasteiger partial charge in [0.2, 0.25) is 0 Å². The van der Waals surface area contributed by atoms with E-state index in [4.69, 9.17) is 5.11 Å². The molecule has 2 aromatic rings. The summed E-state index contributed by atoms with van der Waals surface area (Å²) in [4.78, 5) is 16.9. The molecule has 2 heterocycles. The highest BCUT2D eigenvalue weighted by molar-refractivity contribution is 5.91. The van der Waals surface area contributed by atoms with Crippen molar-refractivity contribution in [3.8, 4) is 0 Å². The smallest absolute Gasteiger partial charge is 0.309 e. The van der Waals surface area contributed by atoms with Crippen LogP contribution in [0.4, 0.5) is 0 Å². The first kappa shape index (κ1) is 12.9. The van der Waals surface area contributed by atoms with Crippen molar-refractivity contribution >= 4 is 16.9 Å². The molecule has 0 radical (unpaired) electrons. The monoisotopic (exact) mass is 284 g/mol. The number of hydrogen-bond donors (Lipinski definition) is 2. The van der Waals surface area contributed by atoms with E-state index < -0.39 is 5.97 Å². The van der Waals surface area contributed by atoms with Crippen LogP contribution in [-0.4, -0.2) is 40.6 Å². The van der Waals surface area contributed by atoms with Crippen molar-refractivity contribution in [2.24, 2.45) is 0 Å². The fourth-order valence-electron chi connectivity index (χ4n) is 4.33. The van der Waals surface area contributed by atoms with Crippen molar-refractivity contribution in [3.63, 3.8) is 0 Å². The summed E-state index contributed by atoms with van der Waals surface area (Å²) in [5, 5.41) is 10.4. The number of aliphatic carboxylic acids is 1. The summed E-state index contributed by atoms with van der Waals surface area (Å²) < 4.78 is 0. The molecule has 1 aliphatic heterocycles. The van der Waals surface area contributed by atoms with Gasteiger partial charge in [0, 0.05) is 28.6 Å². The number of rotatable bonds is 2. The van der Waals surface area contributed by atoms with Gasteiger partial charge in [-0.3, -0.25) is 4.79 Å². The number of nitrogens with zero attached hydrogens (tertiary/aromatic N) is 1. The molecule has 2 N–H and O–H groups in total. The zero-order valence-electron chi connectivity index (χ0n) is 12.2. The number of benzene rings is 1. The number of carboxylic acids is 1. The average Bonchev–Trinajstić information content (AvgIpc) is 2.79. The summed E-state index contributed by atoms with van der Waals surface area (Å²) in [6.45, 7) is 1.14. The van der Waals surface area contributed by atoms with E-state index >= 15 is 0 Å². The van der Waals surface area contributed by atoms with E-state index in [1.807, 2.05) is 0 Å². The summed E-state index contributed by atoms with van der Waals surface area (Å²) in [6.07, 6.45) is 3.55. The van der Waals surface area contributed by atoms with Gasteiger partial charge in [0.25, 0.3) is 0 Å². The van der Waals surface area contributed by atoms with Crippen LogP contribution in [0, 0.1) is 0 Å². The lowest BCUT2D eigenvalue weighted by atomic mass is 9.74. The summed E-state index contributed by atoms with van der Waals surface area (Å²) in [5.41, 5.74) is 4.64. The third kappa shape index (κ3) is 1.89. The molecule has 4 rings (SSSR count). The molecular weight excluding hydrogens is 264 g/mol. The van der Waals surface area contributed by atoms with E-state index in [1.54, 1.807) is 0 Å². The van der Waals surface area contributed by atoms with Crippen LogP contribution >= 0.6 is 0 Å². The molecular formula is C17H20N2O2. The summed E-state index contributed by atoms with van der Waals surface area (Å²) in [5.74, 6) is -0.174. The molecule has 21 heavy (non-hydrogen) atoms. The van der Waals surface area contributed by atoms with E-state index in [2.05, 4.69) is 35.1 Å². The Kier molecular flexibility index (Phi) is 2.82. The number of aromatic amines is 1. The SMILES string of the molecule is CN1CCCC2c3cccc4[nH]c(CC(=O)O)c(c34)C[C@H]21. The number of likely N-dealkylation sites (tertiary alicyclic amines) is 1. The predicted octanol–water partition coefficient (Wildman–Crippen LogP) is 2.53. The van der Waals surface area contributed by atoms with Gasteiger partial charge in [0.1, 0.15) is 0 Å². The normalized spacial score (nSPS) is 25.0. The summed E-state index contributed by atoms with van der Waals surface area (Å²) >= 11 is 0. The first-order valence-electron chi connectivity index (χ1n) is 7.69. The molecule has 110 valence electrons. The Morgan fingerprint density at radius 3 is 3.14 bits per heavy atom. The van der Waals surface area contributed by atoms with Gasteiger partial charge in [-0.25, -0.2) is 0 Å². The van der Waals surface area contributed by atoms with E-state index in [0.29, 0.717) is 12.0 Å². The number of likely N-dealkylation sites (N-methyl/N-ethyl adjacent to an activating group) is 1. The van der Waals surface area contributed by atoms with Gasteiger partial charge in [-0.15, -0.1) is 0 Å². The standard InChI is InChI=1S/C17H20N2O2/c1-19-7-3-5-10-11-4-2-6-13-17(11)12(8-15(10)19)14(18-13)9-16(20)21/h2,4,6,10,15,18H,3,5,7-9H2,1H3,(H,20,21)/t10?,15-/m1/s1.